The van der Waals surface area contributed by atoms with Crippen LogP contribution in [-0.2, 0) is 23.1 Å². The zero-order chi connectivity index (χ0) is 17.8. The zero-order valence-electron chi connectivity index (χ0n) is 14.5. The van der Waals surface area contributed by atoms with Crippen molar-refractivity contribution in [3.63, 3.8) is 0 Å². The van der Waals surface area contributed by atoms with Gasteiger partial charge in [-0.1, -0.05) is 25.1 Å². The molecule has 1 aromatic carbocycles. The average Bonchev–Trinajstić information content (AvgIpc) is 3.24. The largest absolute Gasteiger partial charge is 0.367 e. The fourth-order valence-electron chi connectivity index (χ4n) is 3.06. The number of nitrogens with zero attached hydrogens (tertiary/aromatic N) is 3. The lowest BCUT2D eigenvalue weighted by atomic mass is 10.1. The van der Waals surface area contributed by atoms with Crippen LogP contribution in [0.1, 0.15) is 18.9 Å². The Balaban J connectivity index is 1.54. The van der Waals surface area contributed by atoms with Crippen LogP contribution in [0.15, 0.2) is 36.7 Å². The van der Waals surface area contributed by atoms with Crippen LogP contribution in [0, 0.1) is 0 Å². The molecule has 0 aliphatic carbocycles. The molecule has 1 aromatic heterocycles. The molecule has 1 aliphatic heterocycles. The summed E-state index contributed by atoms with van der Waals surface area (Å²) in [6.07, 6.45) is 5.34. The first-order valence-corrected chi connectivity index (χ1v) is 8.50. The lowest BCUT2D eigenvalue weighted by Crippen LogP contribution is -2.43. The number of hydrogen-bond acceptors (Lipinski definition) is 4. The Morgan fingerprint density at radius 2 is 2.08 bits per heavy atom. The fraction of sp³-hybridized carbons (Fsp3) is 0.389. The molecule has 7 nitrogen and oxygen atoms in total. The highest BCUT2D eigenvalue weighted by Crippen LogP contribution is 2.19. The van der Waals surface area contributed by atoms with Crippen LogP contribution in [-0.4, -0.2) is 40.7 Å². The van der Waals surface area contributed by atoms with E-state index in [4.69, 9.17) is 0 Å². The number of anilines is 2. The molecule has 1 saturated heterocycles. The standard InChI is InChI=1S/C18H23N5O2/c1-3-13-6-4-5-7-16(13)21-18(25)17(24)20-14-8-9-23(11-14)15-10-19-22(2)12-15/h4-7,10,12,14H,3,8-9,11H2,1-2H3,(H,20,24)(H,21,25)/t14-/m1/s1. The summed E-state index contributed by atoms with van der Waals surface area (Å²) in [5, 5.41) is 9.69. The topological polar surface area (TPSA) is 79.3 Å². The van der Waals surface area contributed by atoms with E-state index in [-0.39, 0.29) is 6.04 Å². The Kier molecular flexibility index (Phi) is 5.02. The highest BCUT2D eigenvalue weighted by atomic mass is 16.2. The van der Waals surface area contributed by atoms with Gasteiger partial charge in [0.15, 0.2) is 0 Å². The van der Waals surface area contributed by atoms with E-state index in [9.17, 15) is 9.59 Å². The number of para-hydroxylation sites is 1. The molecule has 0 radical (unpaired) electrons. The second-order valence-electron chi connectivity index (χ2n) is 6.24. The summed E-state index contributed by atoms with van der Waals surface area (Å²) in [6, 6.07) is 7.47. The van der Waals surface area contributed by atoms with Crippen molar-refractivity contribution in [1.82, 2.24) is 15.1 Å². The predicted octanol–water partition coefficient (Wildman–Crippen LogP) is 1.32. The van der Waals surface area contributed by atoms with Gasteiger partial charge in [-0.15, -0.1) is 0 Å². The molecular formula is C18H23N5O2. The van der Waals surface area contributed by atoms with Gasteiger partial charge in [-0.05, 0) is 24.5 Å². The number of amides is 2. The molecule has 0 bridgehead atoms. The third-order valence-corrected chi connectivity index (χ3v) is 4.43. The summed E-state index contributed by atoms with van der Waals surface area (Å²) >= 11 is 0. The molecule has 0 saturated carbocycles. The maximum absolute atomic E-state index is 12.2. The molecule has 25 heavy (non-hydrogen) atoms. The van der Waals surface area contributed by atoms with E-state index in [2.05, 4.69) is 20.6 Å². The minimum Gasteiger partial charge on any atom is -0.367 e. The Morgan fingerprint density at radius 3 is 2.80 bits per heavy atom. The number of benzene rings is 1. The van der Waals surface area contributed by atoms with Crippen LogP contribution >= 0.6 is 0 Å². The molecule has 3 rings (SSSR count). The van der Waals surface area contributed by atoms with Gasteiger partial charge in [0.25, 0.3) is 0 Å². The number of carbonyl (C=O) groups is 2. The summed E-state index contributed by atoms with van der Waals surface area (Å²) in [5.41, 5.74) is 2.72. The highest BCUT2D eigenvalue weighted by molar-refractivity contribution is 6.39. The molecule has 0 spiro atoms. The lowest BCUT2D eigenvalue weighted by molar-refractivity contribution is -0.136. The summed E-state index contributed by atoms with van der Waals surface area (Å²) < 4.78 is 1.75. The molecule has 2 N–H and O–H groups in total. The van der Waals surface area contributed by atoms with Gasteiger partial charge in [0.2, 0.25) is 0 Å². The fourth-order valence-corrected chi connectivity index (χ4v) is 3.06. The second kappa shape index (κ2) is 7.38. The summed E-state index contributed by atoms with van der Waals surface area (Å²) in [5.74, 6) is -1.22. The maximum atomic E-state index is 12.2. The first kappa shape index (κ1) is 17.0. The molecule has 1 aliphatic rings. The smallest absolute Gasteiger partial charge is 0.313 e. The van der Waals surface area contributed by atoms with Gasteiger partial charge >= 0.3 is 11.8 Å². The SMILES string of the molecule is CCc1ccccc1NC(=O)C(=O)N[C@@H]1CCN(c2cnn(C)c2)C1. The Bertz CT molecular complexity index is 770. The van der Waals surface area contributed by atoms with E-state index in [0.29, 0.717) is 12.2 Å². The van der Waals surface area contributed by atoms with Crippen molar-refractivity contribution >= 4 is 23.2 Å². The Morgan fingerprint density at radius 1 is 1.28 bits per heavy atom. The third-order valence-electron chi connectivity index (χ3n) is 4.43. The van der Waals surface area contributed by atoms with E-state index < -0.39 is 11.8 Å². The average molecular weight is 341 g/mol. The summed E-state index contributed by atoms with van der Waals surface area (Å²) in [4.78, 5) is 26.5. The van der Waals surface area contributed by atoms with Gasteiger partial charge in [0, 0.05) is 38.1 Å². The van der Waals surface area contributed by atoms with Crippen molar-refractivity contribution in [1.29, 1.82) is 0 Å². The first-order chi connectivity index (χ1) is 12.1. The van der Waals surface area contributed by atoms with Crippen LogP contribution in [0.2, 0.25) is 0 Å². The van der Waals surface area contributed by atoms with Crippen molar-refractivity contribution < 1.29 is 9.59 Å². The second-order valence-corrected chi connectivity index (χ2v) is 6.24. The minimum atomic E-state index is -0.624. The molecule has 2 heterocycles. The van der Waals surface area contributed by atoms with E-state index >= 15 is 0 Å². The number of aromatic nitrogens is 2. The Labute approximate surface area is 147 Å². The quantitative estimate of drug-likeness (QED) is 0.822. The monoisotopic (exact) mass is 341 g/mol. The highest BCUT2D eigenvalue weighted by Gasteiger charge is 2.27. The number of rotatable bonds is 4. The maximum Gasteiger partial charge on any atom is 0.313 e. The van der Waals surface area contributed by atoms with Gasteiger partial charge < -0.3 is 15.5 Å². The van der Waals surface area contributed by atoms with Gasteiger partial charge in [-0.3, -0.25) is 14.3 Å². The van der Waals surface area contributed by atoms with Crippen molar-refractivity contribution in [3.8, 4) is 0 Å². The molecule has 2 aromatic rings. The predicted molar refractivity (Wildman–Crippen MR) is 96.4 cm³/mol. The normalized spacial score (nSPS) is 16.7. The number of carbonyl (C=O) groups excluding carboxylic acids is 2. The minimum absolute atomic E-state index is 0.0418. The van der Waals surface area contributed by atoms with Crippen molar-refractivity contribution in [2.75, 3.05) is 23.3 Å². The van der Waals surface area contributed by atoms with E-state index in [1.807, 2.05) is 44.4 Å². The van der Waals surface area contributed by atoms with Crippen LogP contribution in [0.5, 0.6) is 0 Å². The number of aryl methyl sites for hydroxylation is 2. The van der Waals surface area contributed by atoms with E-state index in [0.717, 1.165) is 30.6 Å². The van der Waals surface area contributed by atoms with Crippen molar-refractivity contribution in [2.45, 2.75) is 25.8 Å². The zero-order valence-corrected chi connectivity index (χ0v) is 14.5. The van der Waals surface area contributed by atoms with Crippen LogP contribution in [0.25, 0.3) is 0 Å². The molecule has 2 amide bonds. The first-order valence-electron chi connectivity index (χ1n) is 8.50. The number of hydrogen-bond donors (Lipinski definition) is 2. The van der Waals surface area contributed by atoms with Crippen LogP contribution < -0.4 is 15.5 Å². The van der Waals surface area contributed by atoms with E-state index in [1.165, 1.54) is 0 Å². The lowest BCUT2D eigenvalue weighted by Gasteiger charge is -2.17. The van der Waals surface area contributed by atoms with Crippen LogP contribution in [0.4, 0.5) is 11.4 Å². The van der Waals surface area contributed by atoms with Gasteiger partial charge in [0.05, 0.1) is 11.9 Å². The molecular weight excluding hydrogens is 318 g/mol. The summed E-state index contributed by atoms with van der Waals surface area (Å²) in [7, 11) is 1.87. The van der Waals surface area contributed by atoms with Gasteiger partial charge in [-0.25, -0.2) is 0 Å². The molecule has 1 atom stereocenters. The van der Waals surface area contributed by atoms with Crippen molar-refractivity contribution in [3.05, 3.63) is 42.2 Å². The Hall–Kier alpha value is -2.83. The van der Waals surface area contributed by atoms with Gasteiger partial charge in [-0.2, -0.15) is 5.10 Å². The number of nitrogens with one attached hydrogen (secondary N) is 2. The van der Waals surface area contributed by atoms with Gasteiger partial charge in [0.1, 0.15) is 0 Å². The van der Waals surface area contributed by atoms with Crippen molar-refractivity contribution in [2.24, 2.45) is 7.05 Å². The molecule has 7 heteroatoms. The van der Waals surface area contributed by atoms with Crippen LogP contribution in [0.3, 0.4) is 0 Å². The molecule has 132 valence electrons. The third kappa shape index (κ3) is 3.99. The molecule has 0 unspecified atom stereocenters. The molecule has 1 fully saturated rings. The van der Waals surface area contributed by atoms with E-state index in [1.54, 1.807) is 10.9 Å². The summed E-state index contributed by atoms with van der Waals surface area (Å²) in [6.45, 7) is 3.52.